The predicted octanol–water partition coefficient (Wildman–Crippen LogP) is 5.70. The lowest BCUT2D eigenvalue weighted by atomic mass is 10.1. The molecule has 2 amide bonds. The number of rotatable bonds is 9. The molecule has 198 valence electrons. The molecule has 0 aliphatic heterocycles. The number of anilines is 1. The molecule has 4 aromatic rings. The van der Waals surface area contributed by atoms with Crippen LogP contribution in [0.1, 0.15) is 25.2 Å². The fraction of sp³-hybridized carbons (Fsp3) is 0.276. The fourth-order valence-corrected chi connectivity index (χ4v) is 4.76. The smallest absolute Gasteiger partial charge is 0.322 e. The number of amides is 2. The molecular weight excluding hydrogens is 546 g/mol. The molecule has 1 N–H and O–H groups in total. The van der Waals surface area contributed by atoms with Crippen LogP contribution >= 0.6 is 15.9 Å². The van der Waals surface area contributed by atoms with Gasteiger partial charge >= 0.3 is 6.03 Å². The molecule has 9 heteroatoms. The van der Waals surface area contributed by atoms with Crippen LogP contribution < -0.4 is 15.6 Å². The van der Waals surface area contributed by atoms with Crippen molar-refractivity contribution in [3.63, 3.8) is 0 Å². The second-order valence-corrected chi connectivity index (χ2v) is 10.1. The third-order valence-electron chi connectivity index (χ3n) is 6.32. The molecule has 0 fully saturated rings. The van der Waals surface area contributed by atoms with Crippen molar-refractivity contribution >= 4 is 38.6 Å². The number of ether oxygens (including phenoxy) is 1. The number of fused-ring (bicyclic) bond motifs is 1. The summed E-state index contributed by atoms with van der Waals surface area (Å²) in [5.41, 5.74) is 1.74. The molecule has 0 aliphatic carbocycles. The van der Waals surface area contributed by atoms with Crippen LogP contribution in [0, 0.1) is 0 Å². The molecule has 4 rings (SSSR count). The van der Waals surface area contributed by atoms with E-state index in [0.717, 1.165) is 4.47 Å². The van der Waals surface area contributed by atoms with Gasteiger partial charge in [0, 0.05) is 23.2 Å². The molecule has 0 radical (unpaired) electrons. The van der Waals surface area contributed by atoms with Crippen molar-refractivity contribution in [1.82, 2.24) is 19.4 Å². The molecule has 1 heterocycles. The molecule has 1 atom stereocenters. The van der Waals surface area contributed by atoms with E-state index >= 15 is 0 Å². The van der Waals surface area contributed by atoms with E-state index in [2.05, 4.69) is 21.2 Å². The summed E-state index contributed by atoms with van der Waals surface area (Å²) < 4.78 is 7.80. The number of hydrogen-bond acceptors (Lipinski definition) is 5. The Balaban J connectivity index is 1.86. The van der Waals surface area contributed by atoms with E-state index in [-0.39, 0.29) is 11.6 Å². The Morgan fingerprint density at radius 3 is 2.45 bits per heavy atom. The van der Waals surface area contributed by atoms with E-state index < -0.39 is 6.04 Å². The average Bonchev–Trinajstić information content (AvgIpc) is 2.91. The van der Waals surface area contributed by atoms with Crippen molar-refractivity contribution in [2.24, 2.45) is 0 Å². The normalized spacial score (nSPS) is 11.9. The van der Waals surface area contributed by atoms with Gasteiger partial charge in [0.25, 0.3) is 5.56 Å². The van der Waals surface area contributed by atoms with E-state index in [4.69, 9.17) is 9.72 Å². The number of aromatic nitrogens is 2. The lowest BCUT2D eigenvalue weighted by Crippen LogP contribution is -2.43. The summed E-state index contributed by atoms with van der Waals surface area (Å²) in [5.74, 6) is 1.19. The van der Waals surface area contributed by atoms with Gasteiger partial charge in [0.05, 0.1) is 29.7 Å². The van der Waals surface area contributed by atoms with Gasteiger partial charge in [-0.2, -0.15) is 0 Å². The van der Waals surface area contributed by atoms with Crippen LogP contribution in [0.15, 0.2) is 82.1 Å². The van der Waals surface area contributed by atoms with E-state index in [9.17, 15) is 9.59 Å². The molecule has 8 nitrogen and oxygen atoms in total. The first kappa shape index (κ1) is 27.3. The van der Waals surface area contributed by atoms with Gasteiger partial charge in [-0.05, 0) is 75.1 Å². The van der Waals surface area contributed by atoms with Crippen LogP contribution in [-0.2, 0) is 0 Å². The highest BCUT2D eigenvalue weighted by atomic mass is 79.9. The number of benzene rings is 3. The maximum atomic E-state index is 13.9. The lowest BCUT2D eigenvalue weighted by Gasteiger charge is -2.33. The second kappa shape index (κ2) is 12.2. The van der Waals surface area contributed by atoms with E-state index in [1.165, 1.54) is 0 Å². The number of halogens is 1. The largest absolute Gasteiger partial charge is 0.497 e. The Morgan fingerprint density at radius 1 is 1.05 bits per heavy atom. The highest BCUT2D eigenvalue weighted by molar-refractivity contribution is 9.10. The minimum Gasteiger partial charge on any atom is -0.497 e. The number of urea groups is 1. The highest BCUT2D eigenvalue weighted by Crippen LogP contribution is 2.28. The van der Waals surface area contributed by atoms with Crippen molar-refractivity contribution in [3.8, 4) is 11.4 Å². The highest BCUT2D eigenvalue weighted by Gasteiger charge is 2.29. The first-order chi connectivity index (χ1) is 18.3. The first-order valence-electron chi connectivity index (χ1n) is 12.5. The van der Waals surface area contributed by atoms with Crippen LogP contribution in [0.2, 0.25) is 0 Å². The van der Waals surface area contributed by atoms with Gasteiger partial charge in [0.1, 0.15) is 11.6 Å². The monoisotopic (exact) mass is 577 g/mol. The third-order valence-corrected chi connectivity index (χ3v) is 6.81. The molecule has 3 aromatic carbocycles. The topological polar surface area (TPSA) is 79.7 Å². The standard InChI is InChI=1S/C29H32BrN5O3/c1-5-26(34(18-17-33(2)3)29(37)31-21-10-8-9-20(30)19-21)27-32-25-12-7-6-11-24(25)28(36)35(27)22-13-15-23(38-4)16-14-22/h6-16,19,26H,5,17-18H2,1-4H3,(H,31,37). The summed E-state index contributed by atoms with van der Waals surface area (Å²) in [4.78, 5) is 36.4. The molecular formula is C29H32BrN5O3. The van der Waals surface area contributed by atoms with Gasteiger partial charge < -0.3 is 19.9 Å². The van der Waals surface area contributed by atoms with Crippen LogP contribution in [-0.4, -0.2) is 59.7 Å². The Bertz CT molecular complexity index is 1470. The molecule has 0 bridgehead atoms. The van der Waals surface area contributed by atoms with Crippen LogP contribution in [0.4, 0.5) is 10.5 Å². The Labute approximate surface area is 231 Å². The number of nitrogens with zero attached hydrogens (tertiary/aromatic N) is 4. The summed E-state index contributed by atoms with van der Waals surface area (Å²) in [5, 5.41) is 3.54. The summed E-state index contributed by atoms with van der Waals surface area (Å²) in [7, 11) is 5.53. The number of carbonyl (C=O) groups excluding carboxylic acids is 1. The minimum atomic E-state index is -0.471. The van der Waals surface area contributed by atoms with Crippen LogP contribution in [0.25, 0.3) is 16.6 Å². The molecule has 1 unspecified atom stereocenters. The van der Waals surface area contributed by atoms with Crippen molar-refractivity contribution in [2.75, 3.05) is 39.6 Å². The van der Waals surface area contributed by atoms with Crippen molar-refractivity contribution in [1.29, 1.82) is 0 Å². The predicted molar refractivity (Wildman–Crippen MR) is 155 cm³/mol. The number of carbonyl (C=O) groups is 1. The van der Waals surface area contributed by atoms with Gasteiger partial charge in [-0.25, -0.2) is 9.78 Å². The van der Waals surface area contributed by atoms with Crippen molar-refractivity contribution in [3.05, 3.63) is 93.4 Å². The quantitative estimate of drug-likeness (QED) is 0.276. The van der Waals surface area contributed by atoms with Crippen molar-refractivity contribution < 1.29 is 9.53 Å². The van der Waals surface area contributed by atoms with Crippen LogP contribution in [0.5, 0.6) is 5.75 Å². The number of para-hydroxylation sites is 1. The number of hydrogen-bond donors (Lipinski definition) is 1. The van der Waals surface area contributed by atoms with Gasteiger partial charge in [0.15, 0.2) is 0 Å². The fourth-order valence-electron chi connectivity index (χ4n) is 4.36. The Kier molecular flexibility index (Phi) is 8.81. The Hall–Kier alpha value is -3.69. The van der Waals surface area contributed by atoms with Gasteiger partial charge in [-0.3, -0.25) is 9.36 Å². The zero-order valence-corrected chi connectivity index (χ0v) is 23.6. The molecule has 0 spiro atoms. The third kappa shape index (κ3) is 6.06. The minimum absolute atomic E-state index is 0.186. The molecule has 0 aliphatic rings. The zero-order chi connectivity index (χ0) is 27.2. The van der Waals surface area contributed by atoms with Crippen LogP contribution in [0.3, 0.4) is 0 Å². The average molecular weight is 579 g/mol. The van der Waals surface area contributed by atoms with E-state index in [1.54, 1.807) is 22.6 Å². The molecule has 1 aromatic heterocycles. The molecule has 0 saturated carbocycles. The number of methoxy groups -OCH3 is 1. The van der Waals surface area contributed by atoms with E-state index in [1.807, 2.05) is 92.6 Å². The van der Waals surface area contributed by atoms with E-state index in [0.29, 0.717) is 53.4 Å². The second-order valence-electron chi connectivity index (χ2n) is 9.19. The molecule has 38 heavy (non-hydrogen) atoms. The lowest BCUT2D eigenvalue weighted by molar-refractivity contribution is 0.173. The molecule has 0 saturated heterocycles. The summed E-state index contributed by atoms with van der Waals surface area (Å²) in [6.45, 7) is 3.08. The summed E-state index contributed by atoms with van der Waals surface area (Å²) in [6.07, 6.45) is 0.556. The summed E-state index contributed by atoms with van der Waals surface area (Å²) in [6, 6.07) is 21.3. The number of nitrogens with one attached hydrogen (secondary N) is 1. The van der Waals surface area contributed by atoms with Gasteiger partial charge in [-0.15, -0.1) is 0 Å². The first-order valence-corrected chi connectivity index (χ1v) is 13.3. The maximum Gasteiger partial charge on any atom is 0.322 e. The van der Waals surface area contributed by atoms with Gasteiger partial charge in [-0.1, -0.05) is 41.1 Å². The summed E-state index contributed by atoms with van der Waals surface area (Å²) >= 11 is 3.47. The number of likely N-dealkylation sites (N-methyl/N-ethyl adjacent to an activating group) is 1. The van der Waals surface area contributed by atoms with Gasteiger partial charge in [0.2, 0.25) is 0 Å². The SMILES string of the molecule is CCC(c1nc2ccccc2c(=O)n1-c1ccc(OC)cc1)N(CCN(C)C)C(=O)Nc1cccc(Br)c1. The maximum absolute atomic E-state index is 13.9. The van der Waals surface area contributed by atoms with Crippen molar-refractivity contribution in [2.45, 2.75) is 19.4 Å². The Morgan fingerprint density at radius 2 is 1.79 bits per heavy atom. The zero-order valence-electron chi connectivity index (χ0n) is 22.0.